The number of halogens is 1. The van der Waals surface area contributed by atoms with Crippen molar-refractivity contribution in [3.8, 4) is 0 Å². The summed E-state index contributed by atoms with van der Waals surface area (Å²) in [5, 5.41) is 2.84. The third-order valence-electron chi connectivity index (χ3n) is 2.96. The van der Waals surface area contributed by atoms with E-state index in [2.05, 4.69) is 5.32 Å². The number of carbonyl (C=O) groups is 1. The van der Waals surface area contributed by atoms with Crippen molar-refractivity contribution in [3.63, 3.8) is 0 Å². The molecular weight excluding hydrogens is 253 g/mol. The van der Waals surface area contributed by atoms with E-state index in [4.69, 9.17) is 0 Å². The summed E-state index contributed by atoms with van der Waals surface area (Å²) in [5.74, 6) is -0.457. The van der Waals surface area contributed by atoms with Gasteiger partial charge in [0.15, 0.2) is 0 Å². The summed E-state index contributed by atoms with van der Waals surface area (Å²) >= 11 is 0. The maximum absolute atomic E-state index is 12.8. The molecule has 0 aliphatic carbocycles. The lowest BCUT2D eigenvalue weighted by Gasteiger charge is -2.12. The average molecular weight is 269 g/mol. The maximum atomic E-state index is 12.8. The summed E-state index contributed by atoms with van der Waals surface area (Å²) in [6.07, 6.45) is 3.25. The van der Waals surface area contributed by atoms with Gasteiger partial charge in [-0.3, -0.25) is 4.79 Å². The van der Waals surface area contributed by atoms with Gasteiger partial charge in [-0.1, -0.05) is 42.5 Å². The van der Waals surface area contributed by atoms with Crippen LogP contribution in [0, 0.1) is 5.82 Å². The number of hydrogen-bond donors (Lipinski definition) is 1. The summed E-state index contributed by atoms with van der Waals surface area (Å²) in [6.45, 7) is 1.86. The number of hydrogen-bond acceptors (Lipinski definition) is 1. The van der Waals surface area contributed by atoms with E-state index in [0.29, 0.717) is 0 Å². The number of carbonyl (C=O) groups excluding carboxylic acids is 1. The molecule has 0 bridgehead atoms. The molecule has 1 amide bonds. The lowest BCUT2D eigenvalue weighted by Crippen LogP contribution is -2.24. The zero-order valence-electron chi connectivity index (χ0n) is 11.2. The Hall–Kier alpha value is -2.42. The molecular formula is C17H16FNO. The van der Waals surface area contributed by atoms with Crippen molar-refractivity contribution in [3.05, 3.63) is 77.6 Å². The highest BCUT2D eigenvalue weighted by atomic mass is 19.1. The van der Waals surface area contributed by atoms with E-state index >= 15 is 0 Å². The second-order valence-corrected chi connectivity index (χ2v) is 4.53. The summed E-state index contributed by atoms with van der Waals surface area (Å²) in [5.41, 5.74) is 1.84. The maximum Gasteiger partial charge on any atom is 0.244 e. The Kier molecular flexibility index (Phi) is 4.66. The van der Waals surface area contributed by atoms with Crippen molar-refractivity contribution < 1.29 is 9.18 Å². The second-order valence-electron chi connectivity index (χ2n) is 4.53. The summed E-state index contributed by atoms with van der Waals surface area (Å²) < 4.78 is 12.8. The highest BCUT2D eigenvalue weighted by Gasteiger charge is 2.07. The Morgan fingerprint density at radius 3 is 2.40 bits per heavy atom. The van der Waals surface area contributed by atoms with Crippen LogP contribution in [0.4, 0.5) is 4.39 Å². The number of nitrogens with one attached hydrogen (secondary N) is 1. The molecule has 0 aliphatic rings. The minimum atomic E-state index is -0.281. The van der Waals surface area contributed by atoms with Crippen molar-refractivity contribution in [2.45, 2.75) is 13.0 Å². The zero-order chi connectivity index (χ0) is 14.4. The molecule has 3 heteroatoms. The van der Waals surface area contributed by atoms with Gasteiger partial charge >= 0.3 is 0 Å². The first kappa shape index (κ1) is 14.0. The van der Waals surface area contributed by atoms with Crippen LogP contribution in [0.5, 0.6) is 0 Å². The molecule has 2 aromatic carbocycles. The molecule has 1 N–H and O–H groups in total. The van der Waals surface area contributed by atoms with Crippen molar-refractivity contribution in [1.82, 2.24) is 5.32 Å². The highest BCUT2D eigenvalue weighted by molar-refractivity contribution is 5.91. The van der Waals surface area contributed by atoms with Gasteiger partial charge in [-0.2, -0.15) is 0 Å². The second kappa shape index (κ2) is 6.66. The van der Waals surface area contributed by atoms with Crippen LogP contribution in [0.3, 0.4) is 0 Å². The fourth-order valence-corrected chi connectivity index (χ4v) is 1.83. The topological polar surface area (TPSA) is 29.1 Å². The van der Waals surface area contributed by atoms with Crippen LogP contribution in [0.15, 0.2) is 60.7 Å². The number of amides is 1. The minimum absolute atomic E-state index is 0.163. The predicted molar refractivity (Wildman–Crippen MR) is 78.4 cm³/mol. The normalized spacial score (nSPS) is 12.3. The van der Waals surface area contributed by atoms with Crippen LogP contribution >= 0.6 is 0 Å². The molecule has 2 aromatic rings. The standard InChI is InChI=1S/C17H16FNO/c1-13(15-8-10-16(18)11-9-15)19-17(20)12-7-14-5-3-2-4-6-14/h2-13H,1H3,(H,19,20)/b12-7+. The lowest BCUT2D eigenvalue weighted by atomic mass is 10.1. The molecule has 0 heterocycles. The Morgan fingerprint density at radius 1 is 1.10 bits per heavy atom. The fraction of sp³-hybridized carbons (Fsp3) is 0.118. The Labute approximate surface area is 118 Å². The Bertz CT molecular complexity index is 590. The van der Waals surface area contributed by atoms with Crippen molar-refractivity contribution >= 4 is 12.0 Å². The lowest BCUT2D eigenvalue weighted by molar-refractivity contribution is -0.117. The first-order valence-electron chi connectivity index (χ1n) is 6.44. The summed E-state index contributed by atoms with van der Waals surface area (Å²) in [6, 6.07) is 15.5. The number of benzene rings is 2. The van der Waals surface area contributed by atoms with Crippen LogP contribution in [-0.2, 0) is 4.79 Å². The Balaban J connectivity index is 1.94. The molecule has 102 valence electrons. The first-order valence-corrected chi connectivity index (χ1v) is 6.44. The van der Waals surface area contributed by atoms with Gasteiger partial charge in [0.25, 0.3) is 0 Å². The van der Waals surface area contributed by atoms with Crippen molar-refractivity contribution in [1.29, 1.82) is 0 Å². The van der Waals surface area contributed by atoms with Crippen LogP contribution in [0.2, 0.25) is 0 Å². The molecule has 0 fully saturated rings. The van der Waals surface area contributed by atoms with Crippen LogP contribution in [0.25, 0.3) is 6.08 Å². The zero-order valence-corrected chi connectivity index (χ0v) is 11.2. The number of rotatable bonds is 4. The average Bonchev–Trinajstić information content (AvgIpc) is 2.47. The predicted octanol–water partition coefficient (Wildman–Crippen LogP) is 3.72. The molecule has 0 saturated carbocycles. The van der Waals surface area contributed by atoms with Crippen molar-refractivity contribution in [2.24, 2.45) is 0 Å². The van der Waals surface area contributed by atoms with Crippen LogP contribution < -0.4 is 5.32 Å². The monoisotopic (exact) mass is 269 g/mol. The van der Waals surface area contributed by atoms with E-state index in [-0.39, 0.29) is 17.8 Å². The SMILES string of the molecule is CC(NC(=O)/C=C/c1ccccc1)c1ccc(F)cc1. The molecule has 0 aromatic heterocycles. The molecule has 0 radical (unpaired) electrons. The molecule has 0 spiro atoms. The fourth-order valence-electron chi connectivity index (χ4n) is 1.83. The first-order chi connectivity index (χ1) is 9.65. The van der Waals surface area contributed by atoms with E-state index in [0.717, 1.165) is 11.1 Å². The molecule has 2 nitrogen and oxygen atoms in total. The summed E-state index contributed by atoms with van der Waals surface area (Å²) in [7, 11) is 0. The van der Waals surface area contributed by atoms with Gasteiger partial charge in [-0.15, -0.1) is 0 Å². The van der Waals surface area contributed by atoms with E-state index < -0.39 is 0 Å². The van der Waals surface area contributed by atoms with E-state index in [9.17, 15) is 9.18 Å². The molecule has 0 saturated heterocycles. The van der Waals surface area contributed by atoms with E-state index in [1.807, 2.05) is 37.3 Å². The van der Waals surface area contributed by atoms with Gasteiger partial charge in [0.2, 0.25) is 5.91 Å². The van der Waals surface area contributed by atoms with Gasteiger partial charge in [0.05, 0.1) is 6.04 Å². The smallest absolute Gasteiger partial charge is 0.244 e. The van der Waals surface area contributed by atoms with Crippen LogP contribution in [-0.4, -0.2) is 5.91 Å². The van der Waals surface area contributed by atoms with E-state index in [1.54, 1.807) is 18.2 Å². The van der Waals surface area contributed by atoms with Gasteiger partial charge in [0, 0.05) is 6.08 Å². The van der Waals surface area contributed by atoms with E-state index in [1.165, 1.54) is 18.2 Å². The minimum Gasteiger partial charge on any atom is -0.346 e. The van der Waals surface area contributed by atoms with Crippen LogP contribution in [0.1, 0.15) is 24.1 Å². The summed E-state index contributed by atoms with van der Waals surface area (Å²) in [4.78, 5) is 11.8. The van der Waals surface area contributed by atoms with Gasteiger partial charge in [-0.25, -0.2) is 4.39 Å². The van der Waals surface area contributed by atoms with Crippen molar-refractivity contribution in [2.75, 3.05) is 0 Å². The largest absolute Gasteiger partial charge is 0.346 e. The Morgan fingerprint density at radius 2 is 1.75 bits per heavy atom. The van der Waals surface area contributed by atoms with Gasteiger partial charge < -0.3 is 5.32 Å². The van der Waals surface area contributed by atoms with Gasteiger partial charge in [-0.05, 0) is 36.3 Å². The quantitative estimate of drug-likeness (QED) is 0.842. The molecule has 1 atom stereocenters. The molecule has 2 rings (SSSR count). The van der Waals surface area contributed by atoms with Gasteiger partial charge in [0.1, 0.15) is 5.82 Å². The third-order valence-corrected chi connectivity index (χ3v) is 2.96. The highest BCUT2D eigenvalue weighted by Crippen LogP contribution is 2.12. The molecule has 1 unspecified atom stereocenters. The third kappa shape index (κ3) is 4.05. The molecule has 0 aliphatic heterocycles. The molecule has 20 heavy (non-hydrogen) atoms.